The van der Waals surface area contributed by atoms with Gasteiger partial charge in [0.2, 0.25) is 11.2 Å². The summed E-state index contributed by atoms with van der Waals surface area (Å²) in [6, 6.07) is -0.449. The number of aromatic nitrogens is 4. The quantitative estimate of drug-likeness (QED) is 0.376. The molecule has 3 heterocycles. The van der Waals surface area contributed by atoms with Gasteiger partial charge in [0.15, 0.2) is 11.2 Å². The van der Waals surface area contributed by atoms with Gasteiger partial charge in [0, 0.05) is 0 Å². The van der Waals surface area contributed by atoms with Crippen LogP contribution in [0.5, 0.6) is 5.88 Å². The molecule has 4 rings (SSSR count). The van der Waals surface area contributed by atoms with Gasteiger partial charge in [-0.3, -0.25) is 13.6 Å². The lowest BCUT2D eigenvalue weighted by molar-refractivity contribution is -0.0503. The van der Waals surface area contributed by atoms with E-state index in [-0.39, 0.29) is 37.6 Å². The molecule has 12 nitrogen and oxygen atoms in total. The second-order valence-corrected chi connectivity index (χ2v) is 9.17. The molecule has 0 bridgehead atoms. The van der Waals surface area contributed by atoms with Crippen molar-refractivity contribution in [3.05, 3.63) is 11.6 Å². The Morgan fingerprint density at radius 2 is 2.00 bits per heavy atom. The molecule has 0 radical (unpaired) electrons. The Labute approximate surface area is 183 Å². The fourth-order valence-corrected chi connectivity index (χ4v) is 5.51. The molecule has 2 aliphatic rings. The summed E-state index contributed by atoms with van der Waals surface area (Å²) >= 11 is 5.99. The number of hydrogen-bond acceptors (Lipinski definition) is 11. The number of hydrogen-bond donors (Lipinski definition) is 2. The Morgan fingerprint density at radius 3 is 2.58 bits per heavy atom. The lowest BCUT2D eigenvalue weighted by atomic mass is 9.96. The minimum atomic E-state index is -3.76. The molecule has 2 N–H and O–H groups in total. The molecule has 1 aliphatic carbocycles. The Bertz CT molecular complexity index is 998. The number of methoxy groups -OCH3 is 1. The van der Waals surface area contributed by atoms with Gasteiger partial charge in [0.25, 0.3) is 0 Å². The largest absolute Gasteiger partial charge is 0.479 e. The third-order valence-corrected chi connectivity index (χ3v) is 7.37. The van der Waals surface area contributed by atoms with Crippen molar-refractivity contribution in [1.82, 2.24) is 19.5 Å². The van der Waals surface area contributed by atoms with E-state index in [1.54, 1.807) is 18.4 Å². The number of nitrogens with zero attached hydrogens (tertiary/aromatic N) is 4. The summed E-state index contributed by atoms with van der Waals surface area (Å²) in [4.78, 5) is 12.5. The fourth-order valence-electron chi connectivity index (χ4n) is 4.17. The predicted molar refractivity (Wildman–Crippen MR) is 107 cm³/mol. The lowest BCUT2D eigenvalue weighted by Crippen LogP contribution is -2.38. The molecule has 2 aromatic heterocycles. The van der Waals surface area contributed by atoms with Crippen molar-refractivity contribution < 1.29 is 37.8 Å². The lowest BCUT2D eigenvalue weighted by Gasteiger charge is -2.26. The first-order valence-electron chi connectivity index (χ1n) is 9.77. The average molecular weight is 479 g/mol. The van der Waals surface area contributed by atoms with Crippen molar-refractivity contribution in [1.29, 1.82) is 0 Å². The SMILES string of the molecule is CCOP(=O)(OCC)OC[C@H]1O[C@H]2C(n3cnc4c(OC)nc(Cl)nc43)C2(CO)C1O. The fraction of sp³-hybridized carbons (Fsp3) is 0.706. The standard InChI is InChI=1S/C17H24ClN4O8P/c1-4-27-31(25,28-5-2)29-6-9-12(24)17(7-23)11(13(17)30-9)22-8-19-10-14(22)20-16(18)21-15(10)26-3/h8-9,11-13,23-24H,4-7H2,1-3H3/t9-,11?,12?,13+,17?/m1/s1. The van der Waals surface area contributed by atoms with E-state index in [4.69, 9.17) is 34.6 Å². The molecule has 0 amide bonds. The zero-order valence-corrected chi connectivity index (χ0v) is 18.8. The van der Waals surface area contributed by atoms with Gasteiger partial charge in [-0.2, -0.15) is 9.97 Å². The van der Waals surface area contributed by atoms with Crippen molar-refractivity contribution in [2.45, 2.75) is 38.2 Å². The Balaban J connectivity index is 1.54. The smallest absolute Gasteiger partial charge is 0.474 e. The van der Waals surface area contributed by atoms with Gasteiger partial charge in [-0.1, -0.05) is 0 Å². The molecule has 3 unspecified atom stereocenters. The summed E-state index contributed by atoms with van der Waals surface area (Å²) < 4.78 is 40.8. The second-order valence-electron chi connectivity index (χ2n) is 7.16. The monoisotopic (exact) mass is 478 g/mol. The molecule has 1 saturated heterocycles. The molecule has 5 atom stereocenters. The van der Waals surface area contributed by atoms with Crippen LogP contribution in [0.15, 0.2) is 6.33 Å². The van der Waals surface area contributed by atoms with Gasteiger partial charge in [-0.15, -0.1) is 0 Å². The first-order chi connectivity index (χ1) is 14.8. The maximum absolute atomic E-state index is 12.5. The normalized spacial score (nSPS) is 30.0. The van der Waals surface area contributed by atoms with E-state index in [1.807, 2.05) is 0 Å². The number of aliphatic hydroxyl groups excluding tert-OH is 2. The van der Waals surface area contributed by atoms with E-state index in [0.29, 0.717) is 11.2 Å². The summed E-state index contributed by atoms with van der Waals surface area (Å²) in [5.74, 6) is 0.216. The Kier molecular flexibility index (Phi) is 6.27. The van der Waals surface area contributed by atoms with E-state index >= 15 is 0 Å². The average Bonchev–Trinajstić information content (AvgIpc) is 3.02. The van der Waals surface area contributed by atoms with Crippen LogP contribution in [0.3, 0.4) is 0 Å². The molecule has 1 aliphatic heterocycles. The number of aliphatic hydroxyl groups is 2. The molecular weight excluding hydrogens is 455 g/mol. The van der Waals surface area contributed by atoms with E-state index < -0.39 is 37.6 Å². The van der Waals surface area contributed by atoms with Gasteiger partial charge in [0.1, 0.15) is 6.10 Å². The maximum atomic E-state index is 12.5. The first kappa shape index (κ1) is 22.8. The third kappa shape index (κ3) is 3.65. The van der Waals surface area contributed by atoms with E-state index in [0.717, 1.165) is 0 Å². The van der Waals surface area contributed by atoms with Crippen LogP contribution in [0.1, 0.15) is 19.9 Å². The molecule has 2 fully saturated rings. The highest BCUT2D eigenvalue weighted by Crippen LogP contribution is 2.66. The van der Waals surface area contributed by atoms with Crippen molar-refractivity contribution in [3.8, 4) is 5.88 Å². The summed E-state index contributed by atoms with van der Waals surface area (Å²) in [6.45, 7) is 3.02. The van der Waals surface area contributed by atoms with E-state index in [2.05, 4.69) is 15.0 Å². The number of phosphoric acid groups is 1. The van der Waals surface area contributed by atoms with Crippen molar-refractivity contribution in [2.75, 3.05) is 33.5 Å². The summed E-state index contributed by atoms with van der Waals surface area (Å²) in [5, 5.41) is 21.1. The zero-order valence-electron chi connectivity index (χ0n) is 17.2. The molecule has 2 aromatic rings. The predicted octanol–water partition coefficient (Wildman–Crippen LogP) is 1.35. The zero-order chi connectivity index (χ0) is 22.4. The number of ether oxygens (including phenoxy) is 2. The molecule has 31 heavy (non-hydrogen) atoms. The number of rotatable bonds is 10. The Morgan fingerprint density at radius 1 is 1.29 bits per heavy atom. The maximum Gasteiger partial charge on any atom is 0.474 e. The highest BCUT2D eigenvalue weighted by molar-refractivity contribution is 7.48. The first-order valence-corrected chi connectivity index (χ1v) is 11.6. The topological polar surface area (TPSA) is 147 Å². The molecule has 172 valence electrons. The molecule has 1 saturated carbocycles. The third-order valence-electron chi connectivity index (χ3n) is 5.58. The van der Waals surface area contributed by atoms with E-state index in [9.17, 15) is 14.8 Å². The van der Waals surface area contributed by atoms with Crippen molar-refractivity contribution in [2.24, 2.45) is 5.41 Å². The molecular formula is C17H24ClN4O8P. The molecule has 0 spiro atoms. The van der Waals surface area contributed by atoms with Crippen LogP contribution in [-0.2, 0) is 22.9 Å². The highest BCUT2D eigenvalue weighted by Gasteiger charge is 2.77. The summed E-state index contributed by atoms with van der Waals surface area (Å²) in [6.07, 6.45) is -0.971. The molecule has 0 aromatic carbocycles. The second kappa shape index (κ2) is 8.53. The van der Waals surface area contributed by atoms with Crippen molar-refractivity contribution in [3.63, 3.8) is 0 Å². The van der Waals surface area contributed by atoms with Gasteiger partial charge in [-0.05, 0) is 25.4 Å². The van der Waals surface area contributed by atoms with Crippen LogP contribution in [0.2, 0.25) is 5.28 Å². The number of fused-ring (bicyclic) bond motifs is 2. The van der Waals surface area contributed by atoms with Gasteiger partial charge >= 0.3 is 7.82 Å². The minimum Gasteiger partial charge on any atom is -0.479 e. The van der Waals surface area contributed by atoms with Crippen LogP contribution >= 0.6 is 19.4 Å². The highest BCUT2D eigenvalue weighted by atomic mass is 35.5. The van der Waals surface area contributed by atoms with Crippen LogP contribution < -0.4 is 4.74 Å². The summed E-state index contributed by atoms with van der Waals surface area (Å²) in [7, 11) is -2.32. The van der Waals surface area contributed by atoms with Gasteiger partial charge in [0.05, 0.1) is 63.5 Å². The number of imidazole rings is 1. The summed E-state index contributed by atoms with van der Waals surface area (Å²) in [5.41, 5.74) is -0.216. The Hall–Kier alpha value is -1.37. The molecule has 14 heteroatoms. The minimum absolute atomic E-state index is 0.0229. The van der Waals surface area contributed by atoms with Crippen molar-refractivity contribution >= 4 is 30.6 Å². The van der Waals surface area contributed by atoms with Gasteiger partial charge in [-0.25, -0.2) is 9.55 Å². The number of phosphoric ester groups is 1. The van der Waals surface area contributed by atoms with E-state index in [1.165, 1.54) is 13.4 Å². The van der Waals surface area contributed by atoms with Crippen LogP contribution in [0.4, 0.5) is 0 Å². The van der Waals surface area contributed by atoms with Crippen LogP contribution in [0.25, 0.3) is 11.2 Å². The van der Waals surface area contributed by atoms with Gasteiger partial charge < -0.3 is 24.3 Å². The van der Waals surface area contributed by atoms with Crippen LogP contribution in [0, 0.1) is 5.41 Å². The number of halogens is 1. The van der Waals surface area contributed by atoms with Crippen LogP contribution in [-0.4, -0.2) is 81.6 Å².